The first-order chi connectivity index (χ1) is 7.75. The number of hydrogen-bond acceptors (Lipinski definition) is 0. The maximum atomic E-state index is 6.53. The quantitative estimate of drug-likeness (QED) is 0.548. The molecule has 0 bridgehead atoms. The lowest BCUT2D eigenvalue weighted by atomic mass is 9.59. The smallest absolute Gasteiger partial charge is 0.0367 e. The molecule has 3 aliphatic rings. The van der Waals surface area contributed by atoms with Crippen LogP contribution < -0.4 is 0 Å². The van der Waals surface area contributed by atoms with Crippen molar-refractivity contribution in [3.63, 3.8) is 0 Å². The van der Waals surface area contributed by atoms with E-state index in [2.05, 4.69) is 0 Å². The molecule has 0 radical (unpaired) electrons. The Labute approximate surface area is 109 Å². The molecule has 0 amide bonds. The van der Waals surface area contributed by atoms with Gasteiger partial charge >= 0.3 is 0 Å². The molecule has 3 aliphatic carbocycles. The van der Waals surface area contributed by atoms with Crippen LogP contribution in [0.1, 0.15) is 51.4 Å². The van der Waals surface area contributed by atoms with Crippen LogP contribution in [0.15, 0.2) is 0 Å². The van der Waals surface area contributed by atoms with E-state index in [1.54, 1.807) is 0 Å². The van der Waals surface area contributed by atoms with Gasteiger partial charge in [-0.05, 0) is 49.4 Å². The van der Waals surface area contributed by atoms with Gasteiger partial charge in [0, 0.05) is 10.8 Å². The largest absolute Gasteiger partial charge is 0.123 e. The molecule has 2 heteroatoms. The molecule has 3 rings (SSSR count). The van der Waals surface area contributed by atoms with Crippen molar-refractivity contribution in [3.8, 4) is 0 Å². The molecular weight excluding hydrogens is 239 g/mol. The number of hydrogen-bond donors (Lipinski definition) is 0. The molecule has 3 fully saturated rings. The van der Waals surface area contributed by atoms with Gasteiger partial charge < -0.3 is 0 Å². The minimum absolute atomic E-state index is 0.450. The average Bonchev–Trinajstić information content (AvgIpc) is 2.28. The molecule has 0 aromatic rings. The SMILES string of the molecule is ClC1CCCC2CC3CCCC(Cl)C3CC12. The van der Waals surface area contributed by atoms with Crippen molar-refractivity contribution in [2.45, 2.75) is 62.1 Å². The third kappa shape index (κ3) is 2.01. The van der Waals surface area contributed by atoms with Crippen molar-refractivity contribution in [2.24, 2.45) is 23.7 Å². The summed E-state index contributed by atoms with van der Waals surface area (Å²) in [7, 11) is 0. The highest BCUT2D eigenvalue weighted by Gasteiger charge is 2.44. The number of halogens is 2. The van der Waals surface area contributed by atoms with Crippen LogP contribution in [-0.4, -0.2) is 10.8 Å². The normalized spacial score (nSPS) is 52.9. The lowest BCUT2D eigenvalue weighted by molar-refractivity contribution is 0.0568. The first-order valence-electron chi connectivity index (χ1n) is 7.04. The number of rotatable bonds is 0. The van der Waals surface area contributed by atoms with E-state index in [-0.39, 0.29) is 0 Å². The van der Waals surface area contributed by atoms with Crippen LogP contribution >= 0.6 is 23.2 Å². The van der Waals surface area contributed by atoms with Gasteiger partial charge in [-0.2, -0.15) is 0 Å². The summed E-state index contributed by atoms with van der Waals surface area (Å²) in [6.07, 6.45) is 10.8. The fraction of sp³-hybridized carbons (Fsp3) is 1.00. The standard InChI is InChI=1S/C14H22Cl2/c15-13-5-1-3-9-7-10-4-2-6-14(16)12(10)8-11(9)13/h9-14H,1-8H2. The van der Waals surface area contributed by atoms with E-state index in [4.69, 9.17) is 23.2 Å². The van der Waals surface area contributed by atoms with Crippen LogP contribution in [0, 0.1) is 23.7 Å². The number of fused-ring (bicyclic) bond motifs is 2. The summed E-state index contributed by atoms with van der Waals surface area (Å²) in [6.45, 7) is 0. The Morgan fingerprint density at radius 1 is 0.625 bits per heavy atom. The van der Waals surface area contributed by atoms with Crippen LogP contribution in [0.2, 0.25) is 0 Å². The van der Waals surface area contributed by atoms with Crippen LogP contribution in [0.25, 0.3) is 0 Å². The second-order valence-corrected chi connectivity index (χ2v) is 7.33. The molecule has 0 N–H and O–H groups in total. The summed E-state index contributed by atoms with van der Waals surface area (Å²) in [6, 6.07) is 0. The van der Waals surface area contributed by atoms with Crippen LogP contribution in [0.4, 0.5) is 0 Å². The molecule has 0 heterocycles. The highest BCUT2D eigenvalue weighted by atomic mass is 35.5. The van der Waals surface area contributed by atoms with Crippen LogP contribution in [0.3, 0.4) is 0 Å². The maximum Gasteiger partial charge on any atom is 0.0367 e. The van der Waals surface area contributed by atoms with E-state index in [0.29, 0.717) is 10.8 Å². The predicted molar refractivity (Wildman–Crippen MR) is 70.2 cm³/mol. The minimum atomic E-state index is 0.450. The van der Waals surface area contributed by atoms with Crippen molar-refractivity contribution < 1.29 is 0 Å². The molecule has 0 aliphatic heterocycles. The highest BCUT2D eigenvalue weighted by molar-refractivity contribution is 6.21. The summed E-state index contributed by atoms with van der Waals surface area (Å²) < 4.78 is 0. The molecule has 0 saturated heterocycles. The zero-order chi connectivity index (χ0) is 11.1. The molecule has 6 unspecified atom stereocenters. The van der Waals surface area contributed by atoms with Gasteiger partial charge in [-0.1, -0.05) is 25.7 Å². The lowest BCUT2D eigenvalue weighted by Crippen LogP contribution is -2.43. The highest BCUT2D eigenvalue weighted by Crippen LogP contribution is 2.52. The average molecular weight is 261 g/mol. The van der Waals surface area contributed by atoms with E-state index in [9.17, 15) is 0 Å². The van der Waals surface area contributed by atoms with Crippen LogP contribution in [-0.2, 0) is 0 Å². The zero-order valence-electron chi connectivity index (χ0n) is 9.88. The monoisotopic (exact) mass is 260 g/mol. The van der Waals surface area contributed by atoms with E-state index >= 15 is 0 Å². The molecular formula is C14H22Cl2. The summed E-state index contributed by atoms with van der Waals surface area (Å²) in [5.41, 5.74) is 0. The third-order valence-electron chi connectivity index (χ3n) is 5.40. The number of alkyl halides is 2. The first kappa shape index (κ1) is 11.7. The van der Waals surface area contributed by atoms with E-state index in [1.165, 1.54) is 51.4 Å². The fourth-order valence-electron chi connectivity index (χ4n) is 4.57. The Hall–Kier alpha value is 0.580. The van der Waals surface area contributed by atoms with Gasteiger partial charge in [0.05, 0.1) is 0 Å². The fourth-order valence-corrected chi connectivity index (χ4v) is 5.49. The Balaban J connectivity index is 1.74. The van der Waals surface area contributed by atoms with Gasteiger partial charge in [-0.15, -0.1) is 23.2 Å². The topological polar surface area (TPSA) is 0 Å². The second-order valence-electron chi connectivity index (χ2n) is 6.21. The summed E-state index contributed by atoms with van der Waals surface area (Å²) in [4.78, 5) is 0. The lowest BCUT2D eigenvalue weighted by Gasteiger charge is -2.49. The molecule has 16 heavy (non-hydrogen) atoms. The third-order valence-corrected chi connectivity index (χ3v) is 6.48. The molecule has 0 aromatic heterocycles. The molecule has 0 spiro atoms. The zero-order valence-corrected chi connectivity index (χ0v) is 11.4. The second kappa shape index (κ2) is 4.69. The molecule has 6 atom stereocenters. The van der Waals surface area contributed by atoms with Crippen molar-refractivity contribution >= 4 is 23.2 Å². The molecule has 0 nitrogen and oxygen atoms in total. The van der Waals surface area contributed by atoms with Crippen LogP contribution in [0.5, 0.6) is 0 Å². The van der Waals surface area contributed by atoms with Gasteiger partial charge in [0.2, 0.25) is 0 Å². The summed E-state index contributed by atoms with van der Waals surface area (Å²) in [5, 5.41) is 0.899. The molecule has 3 saturated carbocycles. The van der Waals surface area contributed by atoms with Crippen molar-refractivity contribution in [3.05, 3.63) is 0 Å². The van der Waals surface area contributed by atoms with Gasteiger partial charge in [-0.25, -0.2) is 0 Å². The van der Waals surface area contributed by atoms with E-state index < -0.39 is 0 Å². The van der Waals surface area contributed by atoms with Gasteiger partial charge in [0.1, 0.15) is 0 Å². The van der Waals surface area contributed by atoms with Gasteiger partial charge in [-0.3, -0.25) is 0 Å². The van der Waals surface area contributed by atoms with Gasteiger partial charge in [0.25, 0.3) is 0 Å². The molecule has 92 valence electrons. The summed E-state index contributed by atoms with van der Waals surface area (Å²) >= 11 is 13.1. The maximum absolute atomic E-state index is 6.53. The Morgan fingerprint density at radius 3 is 1.62 bits per heavy atom. The van der Waals surface area contributed by atoms with Crippen molar-refractivity contribution in [1.82, 2.24) is 0 Å². The predicted octanol–water partition coefficient (Wildman–Crippen LogP) is 4.83. The van der Waals surface area contributed by atoms with Gasteiger partial charge in [0.15, 0.2) is 0 Å². The minimum Gasteiger partial charge on any atom is -0.123 e. The van der Waals surface area contributed by atoms with E-state index in [1.807, 2.05) is 0 Å². The Bertz CT molecular complexity index is 229. The first-order valence-corrected chi connectivity index (χ1v) is 7.91. The van der Waals surface area contributed by atoms with Crippen molar-refractivity contribution in [1.29, 1.82) is 0 Å². The molecule has 0 aromatic carbocycles. The van der Waals surface area contributed by atoms with E-state index in [0.717, 1.165) is 23.7 Å². The summed E-state index contributed by atoms with van der Waals surface area (Å²) in [5.74, 6) is 3.44. The Kier molecular flexibility index (Phi) is 3.42. The Morgan fingerprint density at radius 2 is 1.12 bits per heavy atom. The van der Waals surface area contributed by atoms with Crippen molar-refractivity contribution in [2.75, 3.05) is 0 Å².